The molecule has 0 aliphatic rings. The SMILES string of the molecule is CC(C)(C)c1cc(C#N)cc2c1c1cc(-c3ccccn3)cc3c4ccccc4n2c31. The van der Waals surface area contributed by atoms with Crippen LogP contribution in [0.15, 0.2) is 72.9 Å². The molecule has 0 fully saturated rings. The van der Waals surface area contributed by atoms with Gasteiger partial charge in [0.1, 0.15) is 0 Å². The summed E-state index contributed by atoms with van der Waals surface area (Å²) >= 11 is 0. The van der Waals surface area contributed by atoms with Crippen LogP contribution >= 0.6 is 0 Å². The lowest BCUT2D eigenvalue weighted by molar-refractivity contribution is 0.596. The van der Waals surface area contributed by atoms with E-state index >= 15 is 0 Å². The molecule has 0 saturated heterocycles. The second-order valence-corrected chi connectivity index (χ2v) is 9.27. The topological polar surface area (TPSA) is 41.1 Å². The first-order chi connectivity index (χ1) is 15.0. The molecule has 0 aliphatic carbocycles. The number of hydrogen-bond acceptors (Lipinski definition) is 2. The first-order valence-corrected chi connectivity index (χ1v) is 10.6. The molecule has 0 radical (unpaired) electrons. The van der Waals surface area contributed by atoms with Gasteiger partial charge in [0, 0.05) is 33.3 Å². The quantitative estimate of drug-likeness (QED) is 0.297. The van der Waals surface area contributed by atoms with Gasteiger partial charge in [-0.2, -0.15) is 5.26 Å². The molecule has 31 heavy (non-hydrogen) atoms. The lowest BCUT2D eigenvalue weighted by atomic mass is 9.83. The van der Waals surface area contributed by atoms with Crippen molar-refractivity contribution in [1.29, 1.82) is 5.26 Å². The monoisotopic (exact) mass is 399 g/mol. The van der Waals surface area contributed by atoms with Crippen molar-refractivity contribution < 1.29 is 0 Å². The number of benzene rings is 3. The average molecular weight is 399 g/mol. The van der Waals surface area contributed by atoms with E-state index in [0.29, 0.717) is 5.56 Å². The molecule has 6 aromatic rings. The van der Waals surface area contributed by atoms with Crippen molar-refractivity contribution in [1.82, 2.24) is 9.38 Å². The molecule has 0 spiro atoms. The van der Waals surface area contributed by atoms with Crippen molar-refractivity contribution in [3.05, 3.63) is 84.1 Å². The number of hydrogen-bond donors (Lipinski definition) is 0. The maximum absolute atomic E-state index is 9.76. The van der Waals surface area contributed by atoms with Crippen molar-refractivity contribution in [3.63, 3.8) is 0 Å². The van der Waals surface area contributed by atoms with Crippen LogP contribution in [0.25, 0.3) is 49.4 Å². The van der Waals surface area contributed by atoms with Gasteiger partial charge < -0.3 is 4.40 Å². The number of nitriles is 1. The van der Waals surface area contributed by atoms with E-state index in [4.69, 9.17) is 0 Å². The molecule has 3 heteroatoms. The molecule has 0 bridgehead atoms. The van der Waals surface area contributed by atoms with Gasteiger partial charge in [-0.05, 0) is 53.4 Å². The number of nitrogens with zero attached hydrogens (tertiary/aromatic N) is 3. The molecule has 0 atom stereocenters. The van der Waals surface area contributed by atoms with Crippen LogP contribution in [0.1, 0.15) is 31.9 Å². The summed E-state index contributed by atoms with van der Waals surface area (Å²) in [7, 11) is 0. The van der Waals surface area contributed by atoms with Crippen molar-refractivity contribution in [3.8, 4) is 17.3 Å². The number of rotatable bonds is 1. The zero-order valence-corrected chi connectivity index (χ0v) is 17.8. The second-order valence-electron chi connectivity index (χ2n) is 9.27. The van der Waals surface area contributed by atoms with E-state index in [1.165, 1.54) is 38.1 Å². The Kier molecular flexibility index (Phi) is 3.50. The van der Waals surface area contributed by atoms with Gasteiger partial charge in [0.25, 0.3) is 0 Å². The highest BCUT2D eigenvalue weighted by Gasteiger charge is 2.25. The molecular weight excluding hydrogens is 378 g/mol. The lowest BCUT2D eigenvalue weighted by Crippen LogP contribution is -2.12. The van der Waals surface area contributed by atoms with Crippen LogP contribution in [0.5, 0.6) is 0 Å². The highest BCUT2D eigenvalue weighted by Crippen LogP contribution is 2.44. The van der Waals surface area contributed by atoms with Crippen molar-refractivity contribution in [2.75, 3.05) is 0 Å². The van der Waals surface area contributed by atoms with Crippen LogP contribution < -0.4 is 0 Å². The molecule has 0 aliphatic heterocycles. The zero-order valence-electron chi connectivity index (χ0n) is 17.8. The molecule has 6 rings (SSSR count). The number of para-hydroxylation sites is 1. The first-order valence-electron chi connectivity index (χ1n) is 10.6. The van der Waals surface area contributed by atoms with Crippen LogP contribution in [0.4, 0.5) is 0 Å². The van der Waals surface area contributed by atoms with Crippen molar-refractivity contribution >= 4 is 38.1 Å². The number of aromatic nitrogens is 2. The third-order valence-corrected chi connectivity index (χ3v) is 6.29. The van der Waals surface area contributed by atoms with Crippen LogP contribution in [0, 0.1) is 11.3 Å². The Morgan fingerprint density at radius 3 is 2.35 bits per heavy atom. The molecule has 0 unspecified atom stereocenters. The van der Waals surface area contributed by atoms with Gasteiger partial charge in [-0.1, -0.05) is 45.0 Å². The van der Waals surface area contributed by atoms with Crippen LogP contribution in [-0.2, 0) is 5.41 Å². The fraction of sp³-hybridized carbons (Fsp3) is 0.143. The fourth-order valence-corrected chi connectivity index (χ4v) is 4.96. The Morgan fingerprint density at radius 2 is 1.61 bits per heavy atom. The van der Waals surface area contributed by atoms with E-state index in [1.807, 2.05) is 24.4 Å². The van der Waals surface area contributed by atoms with E-state index in [0.717, 1.165) is 16.8 Å². The zero-order chi connectivity index (χ0) is 21.3. The van der Waals surface area contributed by atoms with Gasteiger partial charge in [0.05, 0.1) is 33.9 Å². The standard InChI is InChI=1S/C28H21N3/c1-28(2,3)22-12-17(16-29)13-25-26(22)21-15-18(23-9-6-7-11-30-23)14-20-19-8-4-5-10-24(19)31(25)27(20)21/h4-15H,1-3H3. The van der Waals surface area contributed by atoms with Crippen LogP contribution in [0.3, 0.4) is 0 Å². The normalized spacial score (nSPS) is 12.3. The summed E-state index contributed by atoms with van der Waals surface area (Å²) in [4.78, 5) is 4.62. The minimum absolute atomic E-state index is 0.0932. The Balaban J connectivity index is 1.93. The lowest BCUT2D eigenvalue weighted by Gasteiger charge is -2.21. The fourth-order valence-electron chi connectivity index (χ4n) is 4.96. The highest BCUT2D eigenvalue weighted by atomic mass is 14.9. The van der Waals surface area contributed by atoms with Gasteiger partial charge in [0.2, 0.25) is 0 Å². The average Bonchev–Trinajstić information content (AvgIpc) is 3.29. The molecule has 0 amide bonds. The molecule has 148 valence electrons. The Morgan fingerprint density at radius 1 is 0.839 bits per heavy atom. The van der Waals surface area contributed by atoms with Gasteiger partial charge in [-0.3, -0.25) is 4.98 Å². The third-order valence-electron chi connectivity index (χ3n) is 6.29. The molecule has 0 saturated carbocycles. The van der Waals surface area contributed by atoms with Gasteiger partial charge in [-0.25, -0.2) is 0 Å². The summed E-state index contributed by atoms with van der Waals surface area (Å²) in [5, 5.41) is 14.7. The van der Waals surface area contributed by atoms with E-state index in [2.05, 4.69) is 84.8 Å². The predicted molar refractivity (Wildman–Crippen MR) is 128 cm³/mol. The maximum Gasteiger partial charge on any atom is 0.0992 e. The summed E-state index contributed by atoms with van der Waals surface area (Å²) in [6.45, 7) is 6.65. The van der Waals surface area contributed by atoms with Crippen LogP contribution in [0.2, 0.25) is 0 Å². The summed E-state index contributed by atoms with van der Waals surface area (Å²) in [6.07, 6.45) is 1.84. The minimum atomic E-state index is -0.0932. The molecule has 0 N–H and O–H groups in total. The second kappa shape index (κ2) is 6.06. The van der Waals surface area contributed by atoms with Gasteiger partial charge in [0.15, 0.2) is 0 Å². The van der Waals surface area contributed by atoms with E-state index < -0.39 is 0 Å². The number of fused-ring (bicyclic) bond motifs is 6. The van der Waals surface area contributed by atoms with Crippen molar-refractivity contribution in [2.45, 2.75) is 26.2 Å². The Bertz CT molecular complexity index is 1660. The van der Waals surface area contributed by atoms with E-state index in [9.17, 15) is 5.26 Å². The largest absolute Gasteiger partial charge is 0.308 e. The van der Waals surface area contributed by atoms with E-state index in [1.54, 1.807) is 0 Å². The minimum Gasteiger partial charge on any atom is -0.308 e. The molecule has 3 heterocycles. The Labute approximate surface area is 180 Å². The van der Waals surface area contributed by atoms with Gasteiger partial charge >= 0.3 is 0 Å². The summed E-state index contributed by atoms with van der Waals surface area (Å²) < 4.78 is 2.34. The molecule has 3 aromatic heterocycles. The predicted octanol–water partition coefficient (Wildman–Crippen LogP) is 7.07. The van der Waals surface area contributed by atoms with Crippen molar-refractivity contribution in [2.24, 2.45) is 0 Å². The highest BCUT2D eigenvalue weighted by molar-refractivity contribution is 6.25. The Hall–Kier alpha value is -3.90. The molecule has 3 nitrogen and oxygen atoms in total. The first kappa shape index (κ1) is 17.9. The molecular formula is C28H21N3. The summed E-state index contributed by atoms with van der Waals surface area (Å²) in [5.74, 6) is 0. The van der Waals surface area contributed by atoms with Gasteiger partial charge in [-0.15, -0.1) is 0 Å². The van der Waals surface area contributed by atoms with Crippen LogP contribution in [-0.4, -0.2) is 9.38 Å². The van der Waals surface area contributed by atoms with E-state index in [-0.39, 0.29) is 5.41 Å². The molecule has 3 aromatic carbocycles. The third kappa shape index (κ3) is 2.42. The summed E-state index contributed by atoms with van der Waals surface area (Å²) in [5.41, 5.74) is 7.39. The maximum atomic E-state index is 9.76. The smallest absolute Gasteiger partial charge is 0.0992 e. The summed E-state index contributed by atoms with van der Waals surface area (Å²) in [6, 6.07) is 25.6. The number of pyridine rings is 1.